The quantitative estimate of drug-likeness (QED) is 0.477. The second-order valence-electron chi connectivity index (χ2n) is 6.66. The fourth-order valence-electron chi connectivity index (χ4n) is 2.99. The molecule has 3 aromatic rings. The maximum atomic E-state index is 12.9. The molecule has 8 nitrogen and oxygen atoms in total. The number of rotatable bonds is 7. The minimum Gasteiger partial charge on any atom is -0.508 e. The Balaban J connectivity index is 1.98. The molecule has 1 heterocycles. The fourth-order valence-corrected chi connectivity index (χ4v) is 2.99. The van der Waals surface area contributed by atoms with Gasteiger partial charge < -0.3 is 25.1 Å². The average molecular weight is 397 g/mol. The first-order valence-corrected chi connectivity index (χ1v) is 8.83. The summed E-state index contributed by atoms with van der Waals surface area (Å²) in [4.78, 5) is 35.0. The van der Waals surface area contributed by atoms with Gasteiger partial charge in [0.05, 0.1) is 10.9 Å². The molecule has 0 bridgehead atoms. The second-order valence-corrected chi connectivity index (χ2v) is 6.66. The summed E-state index contributed by atoms with van der Waals surface area (Å²) in [5.41, 5.74) is 2.01. The monoisotopic (exact) mass is 397 g/mol. The summed E-state index contributed by atoms with van der Waals surface area (Å²) in [5.74, 6) is -2.17. The zero-order valence-electron chi connectivity index (χ0n) is 15.5. The smallest absolute Gasteiger partial charge is 0.326 e. The molecule has 3 rings (SSSR count). The number of benzene rings is 2. The number of phenols is 1. The van der Waals surface area contributed by atoms with Gasteiger partial charge in [0, 0.05) is 18.2 Å². The molecule has 0 spiro atoms. The van der Waals surface area contributed by atoms with Crippen LogP contribution in [0.15, 0.2) is 51.9 Å². The van der Waals surface area contributed by atoms with E-state index in [2.05, 4.69) is 5.32 Å². The molecule has 0 aliphatic heterocycles. The van der Waals surface area contributed by atoms with Crippen LogP contribution in [0.2, 0.25) is 0 Å². The van der Waals surface area contributed by atoms with Crippen molar-refractivity contribution >= 4 is 28.6 Å². The highest BCUT2D eigenvalue weighted by molar-refractivity contribution is 5.87. The van der Waals surface area contributed by atoms with Crippen LogP contribution in [0.4, 0.5) is 5.69 Å². The van der Waals surface area contributed by atoms with Gasteiger partial charge in [0.1, 0.15) is 23.6 Å². The normalized spacial score (nSPS) is 11.9. The highest BCUT2D eigenvalue weighted by Gasteiger charge is 2.20. The number of hydrogen-bond acceptors (Lipinski definition) is 6. The van der Waals surface area contributed by atoms with Crippen LogP contribution in [-0.4, -0.2) is 33.3 Å². The van der Waals surface area contributed by atoms with E-state index in [1.54, 1.807) is 25.1 Å². The van der Waals surface area contributed by atoms with Gasteiger partial charge in [0.25, 0.3) is 0 Å². The third-order valence-electron chi connectivity index (χ3n) is 4.57. The number of carbonyl (C=O) groups is 2. The molecule has 0 aliphatic carbocycles. The highest BCUT2D eigenvalue weighted by atomic mass is 16.4. The summed E-state index contributed by atoms with van der Waals surface area (Å²) in [6.07, 6.45) is 0.933. The molecular weight excluding hydrogens is 378 g/mol. The number of anilines is 1. The topological polar surface area (TPSA) is 137 Å². The van der Waals surface area contributed by atoms with Gasteiger partial charge in [-0.25, -0.2) is 4.79 Å². The number of aromatic hydroxyl groups is 1. The Hall–Kier alpha value is -3.81. The zero-order chi connectivity index (χ0) is 21.1. The minimum atomic E-state index is -1.17. The summed E-state index contributed by atoms with van der Waals surface area (Å²) < 4.78 is 5.60. The van der Waals surface area contributed by atoms with Crippen molar-refractivity contribution < 1.29 is 29.3 Å². The minimum absolute atomic E-state index is 0.0846. The number of carboxylic acid groups (broad SMARTS) is 2. The molecule has 29 heavy (non-hydrogen) atoms. The van der Waals surface area contributed by atoms with E-state index in [-0.39, 0.29) is 29.6 Å². The summed E-state index contributed by atoms with van der Waals surface area (Å²) in [6.45, 7) is 1.71. The molecule has 0 saturated heterocycles. The molecular formula is C21H19NO7. The lowest BCUT2D eigenvalue weighted by atomic mass is 10.0. The van der Waals surface area contributed by atoms with Crippen molar-refractivity contribution in [2.45, 2.75) is 25.8 Å². The first-order chi connectivity index (χ1) is 13.8. The van der Waals surface area contributed by atoms with Crippen molar-refractivity contribution in [2.24, 2.45) is 0 Å². The third kappa shape index (κ3) is 4.37. The van der Waals surface area contributed by atoms with Gasteiger partial charge in [-0.2, -0.15) is 0 Å². The Labute approximate surface area is 165 Å². The molecule has 1 atom stereocenters. The van der Waals surface area contributed by atoms with Gasteiger partial charge in [-0.1, -0.05) is 12.1 Å². The van der Waals surface area contributed by atoms with Gasteiger partial charge in [-0.3, -0.25) is 9.59 Å². The van der Waals surface area contributed by atoms with Gasteiger partial charge >= 0.3 is 11.9 Å². The molecule has 0 saturated carbocycles. The van der Waals surface area contributed by atoms with E-state index in [0.717, 1.165) is 0 Å². The molecule has 2 aromatic carbocycles. The lowest BCUT2D eigenvalue weighted by Crippen LogP contribution is -2.30. The standard InChI is InChI=1S/C21H19NO7/c1-11-8-14-18(9-17(11)22-16(21(27)28)6-7-19(24)25)29-10-15(20(14)26)12-2-4-13(23)5-3-12/h2-5,8-10,16,22-23H,6-7H2,1H3,(H,24,25)(H,27,28)/t16-/m0/s1. The maximum Gasteiger partial charge on any atom is 0.326 e. The predicted octanol–water partition coefficient (Wildman–Crippen LogP) is 3.20. The molecule has 8 heteroatoms. The van der Waals surface area contributed by atoms with E-state index < -0.39 is 18.0 Å². The molecule has 0 radical (unpaired) electrons. The number of nitrogens with one attached hydrogen (secondary N) is 1. The van der Waals surface area contributed by atoms with Crippen LogP contribution < -0.4 is 10.7 Å². The first-order valence-electron chi connectivity index (χ1n) is 8.83. The van der Waals surface area contributed by atoms with Gasteiger partial charge in [-0.15, -0.1) is 0 Å². The lowest BCUT2D eigenvalue weighted by molar-refractivity contribution is -0.139. The Kier molecular flexibility index (Phi) is 5.54. The Morgan fingerprint density at radius 3 is 2.45 bits per heavy atom. The molecule has 150 valence electrons. The van der Waals surface area contributed by atoms with Gasteiger partial charge in [0.2, 0.25) is 5.43 Å². The number of fused-ring (bicyclic) bond motifs is 1. The summed E-state index contributed by atoms with van der Waals surface area (Å²) in [5, 5.41) is 30.7. The van der Waals surface area contributed by atoms with Crippen molar-refractivity contribution in [3.8, 4) is 16.9 Å². The van der Waals surface area contributed by atoms with Crippen LogP contribution in [0.3, 0.4) is 0 Å². The molecule has 0 unspecified atom stereocenters. The number of hydrogen-bond donors (Lipinski definition) is 4. The van der Waals surface area contributed by atoms with Crippen molar-refractivity contribution in [3.05, 3.63) is 58.4 Å². The van der Waals surface area contributed by atoms with Crippen LogP contribution in [0.5, 0.6) is 5.75 Å². The van der Waals surface area contributed by atoms with E-state index in [1.165, 1.54) is 24.5 Å². The van der Waals surface area contributed by atoms with E-state index >= 15 is 0 Å². The van der Waals surface area contributed by atoms with E-state index in [1.807, 2.05) is 0 Å². The molecule has 0 amide bonds. The van der Waals surface area contributed by atoms with Crippen LogP contribution in [0, 0.1) is 6.92 Å². The molecule has 0 fully saturated rings. The molecule has 4 N–H and O–H groups in total. The summed E-state index contributed by atoms with van der Waals surface area (Å²) in [7, 11) is 0. The number of aryl methyl sites for hydroxylation is 1. The number of carboxylic acids is 2. The fraction of sp³-hybridized carbons (Fsp3) is 0.190. The molecule has 0 aliphatic rings. The maximum absolute atomic E-state index is 12.9. The highest BCUT2D eigenvalue weighted by Crippen LogP contribution is 2.26. The van der Waals surface area contributed by atoms with Gasteiger partial charge in [0.15, 0.2) is 0 Å². The van der Waals surface area contributed by atoms with Crippen molar-refractivity contribution in [1.82, 2.24) is 0 Å². The van der Waals surface area contributed by atoms with E-state index in [4.69, 9.17) is 9.52 Å². The summed E-state index contributed by atoms with van der Waals surface area (Å²) in [6, 6.07) is 8.20. The predicted molar refractivity (Wildman–Crippen MR) is 106 cm³/mol. The SMILES string of the molecule is Cc1cc2c(=O)c(-c3ccc(O)cc3)coc2cc1N[C@@H](CCC(=O)O)C(=O)O. The number of phenolic OH excluding ortho intramolecular Hbond substituents is 1. The van der Waals surface area contributed by atoms with Crippen molar-refractivity contribution in [2.75, 3.05) is 5.32 Å². The van der Waals surface area contributed by atoms with Gasteiger partial charge in [-0.05, 0) is 42.7 Å². The second kappa shape index (κ2) is 8.05. The Bertz CT molecular complexity index is 1130. The third-order valence-corrected chi connectivity index (χ3v) is 4.57. The molecule has 1 aromatic heterocycles. The first kappa shape index (κ1) is 19.9. The van der Waals surface area contributed by atoms with Crippen LogP contribution in [0.25, 0.3) is 22.1 Å². The van der Waals surface area contributed by atoms with E-state index in [0.29, 0.717) is 27.8 Å². The zero-order valence-corrected chi connectivity index (χ0v) is 15.5. The Morgan fingerprint density at radius 2 is 1.83 bits per heavy atom. The Morgan fingerprint density at radius 1 is 1.14 bits per heavy atom. The summed E-state index contributed by atoms with van der Waals surface area (Å²) >= 11 is 0. The number of aliphatic carboxylic acids is 2. The van der Waals surface area contributed by atoms with Crippen LogP contribution in [0.1, 0.15) is 18.4 Å². The lowest BCUT2D eigenvalue weighted by Gasteiger charge is -2.17. The van der Waals surface area contributed by atoms with E-state index in [9.17, 15) is 24.6 Å². The van der Waals surface area contributed by atoms with Crippen LogP contribution >= 0.6 is 0 Å². The largest absolute Gasteiger partial charge is 0.508 e. The van der Waals surface area contributed by atoms with Crippen LogP contribution in [-0.2, 0) is 9.59 Å². The van der Waals surface area contributed by atoms with Crippen molar-refractivity contribution in [3.63, 3.8) is 0 Å². The van der Waals surface area contributed by atoms with Crippen molar-refractivity contribution in [1.29, 1.82) is 0 Å². The average Bonchev–Trinajstić information content (AvgIpc) is 2.67.